The lowest BCUT2D eigenvalue weighted by atomic mass is 9.81. The fourth-order valence-corrected chi connectivity index (χ4v) is 3.47. The number of methoxy groups -OCH3 is 2. The van der Waals surface area contributed by atoms with E-state index in [1.165, 1.54) is 14.2 Å². The zero-order valence-corrected chi connectivity index (χ0v) is 16.3. The highest BCUT2D eigenvalue weighted by Crippen LogP contribution is 2.41. The summed E-state index contributed by atoms with van der Waals surface area (Å²) in [5.74, 6) is -0.881. The Labute approximate surface area is 164 Å². The van der Waals surface area contributed by atoms with Gasteiger partial charge in [0.1, 0.15) is 11.5 Å². The summed E-state index contributed by atoms with van der Waals surface area (Å²) >= 11 is 0. The van der Waals surface area contributed by atoms with Crippen LogP contribution in [0, 0.1) is 0 Å². The van der Waals surface area contributed by atoms with Crippen LogP contribution in [0.5, 0.6) is 0 Å². The van der Waals surface area contributed by atoms with Crippen LogP contribution < -0.4 is 0 Å². The minimum Gasteiger partial charge on any atom is -0.466 e. The maximum absolute atomic E-state index is 12.5. The molecule has 0 saturated carbocycles. The number of benzene rings is 2. The third-order valence-corrected chi connectivity index (χ3v) is 4.80. The van der Waals surface area contributed by atoms with Gasteiger partial charge in [-0.2, -0.15) is 0 Å². The second-order valence-electron chi connectivity index (χ2n) is 6.45. The minimum atomic E-state index is -0.626. The van der Waals surface area contributed by atoms with E-state index in [-0.39, 0.29) is 0 Å². The predicted molar refractivity (Wildman–Crippen MR) is 105 cm³/mol. The largest absolute Gasteiger partial charge is 0.466 e. The molecular formula is C23H22O5. The molecule has 5 nitrogen and oxygen atoms in total. The molecule has 1 aliphatic rings. The number of hydrogen-bond acceptors (Lipinski definition) is 5. The zero-order chi connectivity index (χ0) is 20.3. The van der Waals surface area contributed by atoms with E-state index in [1.54, 1.807) is 13.8 Å². The third kappa shape index (κ3) is 3.56. The number of allylic oxidation sites excluding steroid dienone is 2. The molecule has 0 amide bonds. The molecule has 2 aromatic rings. The van der Waals surface area contributed by atoms with Gasteiger partial charge in [-0.25, -0.2) is 9.59 Å². The van der Waals surface area contributed by atoms with Crippen LogP contribution in [0.4, 0.5) is 0 Å². The summed E-state index contributed by atoms with van der Waals surface area (Å²) in [4.78, 5) is 25.0. The molecule has 0 bridgehead atoms. The molecule has 3 rings (SSSR count). The smallest absolute Gasteiger partial charge is 0.338 e. The van der Waals surface area contributed by atoms with Crippen molar-refractivity contribution in [2.45, 2.75) is 19.8 Å². The van der Waals surface area contributed by atoms with Gasteiger partial charge in [-0.3, -0.25) is 0 Å². The Bertz CT molecular complexity index is 914. The van der Waals surface area contributed by atoms with Gasteiger partial charge in [-0.05, 0) is 30.5 Å². The Morgan fingerprint density at radius 1 is 0.750 bits per heavy atom. The molecule has 28 heavy (non-hydrogen) atoms. The van der Waals surface area contributed by atoms with Crippen LogP contribution >= 0.6 is 0 Å². The maximum Gasteiger partial charge on any atom is 0.338 e. The van der Waals surface area contributed by atoms with Crippen LogP contribution in [-0.4, -0.2) is 26.2 Å². The second kappa shape index (κ2) is 8.13. The number of carbonyl (C=O) groups excluding carboxylic acids is 2. The lowest BCUT2D eigenvalue weighted by Gasteiger charge is -2.29. The molecule has 1 heterocycles. The number of rotatable bonds is 4. The van der Waals surface area contributed by atoms with E-state index in [0.29, 0.717) is 22.7 Å². The summed E-state index contributed by atoms with van der Waals surface area (Å²) in [5.41, 5.74) is 3.49. The van der Waals surface area contributed by atoms with Crippen LogP contribution in [0.2, 0.25) is 0 Å². The third-order valence-electron chi connectivity index (χ3n) is 4.80. The van der Waals surface area contributed by atoms with Gasteiger partial charge in [0.2, 0.25) is 0 Å². The average molecular weight is 378 g/mol. The van der Waals surface area contributed by atoms with Crippen LogP contribution in [0.15, 0.2) is 77.3 Å². The first-order valence-corrected chi connectivity index (χ1v) is 8.89. The van der Waals surface area contributed by atoms with Crippen molar-refractivity contribution in [1.82, 2.24) is 0 Å². The van der Waals surface area contributed by atoms with E-state index in [4.69, 9.17) is 14.2 Å². The Kier molecular flexibility index (Phi) is 5.64. The van der Waals surface area contributed by atoms with E-state index < -0.39 is 17.9 Å². The molecule has 0 unspecified atom stereocenters. The molecule has 0 radical (unpaired) electrons. The molecular weight excluding hydrogens is 356 g/mol. The summed E-state index contributed by atoms with van der Waals surface area (Å²) in [7, 11) is 2.61. The van der Waals surface area contributed by atoms with Crippen molar-refractivity contribution in [1.29, 1.82) is 0 Å². The lowest BCUT2D eigenvalue weighted by Crippen LogP contribution is -2.26. The lowest BCUT2D eigenvalue weighted by molar-refractivity contribution is -0.137. The SMILES string of the molecule is COC(=O)C1=C(C)OC(C)=C(C(=O)OC)C1c1ccc(-c2ccccc2)cc1. The van der Waals surface area contributed by atoms with E-state index >= 15 is 0 Å². The van der Waals surface area contributed by atoms with Gasteiger partial charge >= 0.3 is 11.9 Å². The molecule has 0 saturated heterocycles. The number of hydrogen-bond donors (Lipinski definition) is 0. The highest BCUT2D eigenvalue weighted by molar-refractivity contribution is 5.99. The van der Waals surface area contributed by atoms with Gasteiger partial charge in [0.15, 0.2) is 0 Å². The first-order chi connectivity index (χ1) is 13.5. The Morgan fingerprint density at radius 3 is 1.68 bits per heavy atom. The molecule has 1 aliphatic heterocycles. The van der Waals surface area contributed by atoms with Crippen molar-refractivity contribution in [3.63, 3.8) is 0 Å². The summed E-state index contributed by atoms with van der Waals surface area (Å²) in [6, 6.07) is 17.7. The highest BCUT2D eigenvalue weighted by atomic mass is 16.5. The molecule has 2 aromatic carbocycles. The van der Waals surface area contributed by atoms with E-state index in [1.807, 2.05) is 54.6 Å². The Morgan fingerprint density at radius 2 is 1.21 bits per heavy atom. The van der Waals surface area contributed by atoms with Crippen molar-refractivity contribution in [3.8, 4) is 11.1 Å². The summed E-state index contributed by atoms with van der Waals surface area (Å²) in [6.07, 6.45) is 0. The van der Waals surface area contributed by atoms with Crippen LogP contribution in [-0.2, 0) is 23.8 Å². The molecule has 0 atom stereocenters. The molecule has 144 valence electrons. The van der Waals surface area contributed by atoms with E-state index in [0.717, 1.165) is 16.7 Å². The molecule has 0 fully saturated rings. The number of ether oxygens (including phenoxy) is 3. The fraction of sp³-hybridized carbons (Fsp3) is 0.217. The van der Waals surface area contributed by atoms with Crippen molar-refractivity contribution in [2.24, 2.45) is 0 Å². The zero-order valence-electron chi connectivity index (χ0n) is 16.3. The molecule has 0 aromatic heterocycles. The average Bonchev–Trinajstić information content (AvgIpc) is 2.73. The van der Waals surface area contributed by atoms with Crippen molar-refractivity contribution >= 4 is 11.9 Å². The second-order valence-corrected chi connectivity index (χ2v) is 6.45. The molecule has 0 N–H and O–H groups in total. The molecule has 0 aliphatic carbocycles. The van der Waals surface area contributed by atoms with Gasteiger partial charge in [-0.1, -0.05) is 54.6 Å². The Hall–Kier alpha value is -3.34. The van der Waals surface area contributed by atoms with Gasteiger partial charge in [0, 0.05) is 0 Å². The fourth-order valence-electron chi connectivity index (χ4n) is 3.47. The van der Waals surface area contributed by atoms with Crippen molar-refractivity contribution in [2.75, 3.05) is 14.2 Å². The minimum absolute atomic E-state index is 0.293. The van der Waals surface area contributed by atoms with Crippen molar-refractivity contribution < 1.29 is 23.8 Å². The summed E-state index contributed by atoms with van der Waals surface area (Å²) < 4.78 is 15.6. The molecule has 5 heteroatoms. The van der Waals surface area contributed by atoms with Gasteiger partial charge in [0.05, 0.1) is 31.3 Å². The van der Waals surface area contributed by atoms with Gasteiger partial charge in [0.25, 0.3) is 0 Å². The summed E-state index contributed by atoms with van der Waals surface area (Å²) in [5, 5.41) is 0. The summed E-state index contributed by atoms with van der Waals surface area (Å²) in [6.45, 7) is 3.38. The van der Waals surface area contributed by atoms with E-state index in [2.05, 4.69) is 0 Å². The van der Waals surface area contributed by atoms with Crippen LogP contribution in [0.25, 0.3) is 11.1 Å². The normalized spacial score (nSPS) is 14.6. The highest BCUT2D eigenvalue weighted by Gasteiger charge is 2.38. The Balaban J connectivity index is 2.11. The first kappa shape index (κ1) is 19.4. The quantitative estimate of drug-likeness (QED) is 0.740. The van der Waals surface area contributed by atoms with Crippen LogP contribution in [0.1, 0.15) is 25.3 Å². The van der Waals surface area contributed by atoms with Gasteiger partial charge < -0.3 is 14.2 Å². The topological polar surface area (TPSA) is 61.8 Å². The molecule has 0 spiro atoms. The van der Waals surface area contributed by atoms with Crippen LogP contribution in [0.3, 0.4) is 0 Å². The number of carbonyl (C=O) groups is 2. The standard InChI is InChI=1S/C23H22O5/c1-14-19(22(24)26-3)21(20(15(2)28-14)23(25)27-4)18-12-10-17(11-13-18)16-8-6-5-7-9-16/h5-13,21H,1-4H3. The van der Waals surface area contributed by atoms with Gasteiger partial charge in [-0.15, -0.1) is 0 Å². The predicted octanol–water partition coefficient (Wildman–Crippen LogP) is 4.36. The maximum atomic E-state index is 12.5. The first-order valence-electron chi connectivity index (χ1n) is 8.89. The van der Waals surface area contributed by atoms with Crippen molar-refractivity contribution in [3.05, 3.63) is 82.8 Å². The van der Waals surface area contributed by atoms with E-state index in [9.17, 15) is 9.59 Å². The monoisotopic (exact) mass is 378 g/mol. The number of esters is 2.